The fraction of sp³-hybridized carbons (Fsp3) is 0.125. The Morgan fingerprint density at radius 1 is 1.05 bits per heavy atom. The van der Waals surface area contributed by atoms with E-state index in [0.29, 0.717) is 11.5 Å². The van der Waals surface area contributed by atoms with Crippen LogP contribution in [0.3, 0.4) is 0 Å². The second-order valence-corrected chi connectivity index (χ2v) is 6.16. The van der Waals surface area contributed by atoms with Crippen molar-refractivity contribution in [2.45, 2.75) is 6.92 Å². The van der Waals surface area contributed by atoms with E-state index in [-0.39, 0.29) is 10.7 Å². The summed E-state index contributed by atoms with van der Waals surface area (Å²) in [5, 5.41) is 0. The molecule has 20 heavy (non-hydrogen) atoms. The van der Waals surface area contributed by atoms with Crippen LogP contribution in [0.25, 0.3) is 15.8 Å². The molecule has 0 spiro atoms. The molecule has 98 valence electrons. The molecule has 1 aromatic heterocycles. The molecule has 2 aliphatic carbocycles. The number of benzene rings is 1. The van der Waals surface area contributed by atoms with Crippen LogP contribution in [-0.2, 0) is 0 Å². The number of H-pyrrole nitrogens is 1. The smallest absolute Gasteiger partial charge is 0.305 e. The summed E-state index contributed by atoms with van der Waals surface area (Å²) in [5.41, 5.74) is 4.12. The number of fused-ring (bicyclic) bond motifs is 3. The number of nitrogens with one attached hydrogen (secondary N) is 1. The predicted octanol–water partition coefficient (Wildman–Crippen LogP) is 3.30. The van der Waals surface area contributed by atoms with E-state index in [4.69, 9.17) is 0 Å². The fourth-order valence-electron chi connectivity index (χ4n) is 2.73. The van der Waals surface area contributed by atoms with Crippen molar-refractivity contribution in [3.63, 3.8) is 0 Å². The molecule has 1 N–H and O–H groups in total. The Balaban J connectivity index is 2.03. The largest absolute Gasteiger partial charge is 0.312 e. The van der Waals surface area contributed by atoms with Crippen LogP contribution in [-0.4, -0.2) is 10.8 Å². The highest BCUT2D eigenvalue weighted by Gasteiger charge is 2.28. The number of hydrogen-bond donors (Lipinski definition) is 1. The Morgan fingerprint density at radius 3 is 2.60 bits per heavy atom. The van der Waals surface area contributed by atoms with Gasteiger partial charge in [0.05, 0.1) is 10.2 Å². The zero-order valence-corrected chi connectivity index (χ0v) is 11.6. The average molecular weight is 281 g/mol. The molecule has 1 unspecified atom stereocenters. The van der Waals surface area contributed by atoms with Crippen LogP contribution in [0.1, 0.15) is 22.8 Å². The van der Waals surface area contributed by atoms with Crippen LogP contribution in [0.15, 0.2) is 46.8 Å². The number of ketones is 1. The second kappa shape index (κ2) is 3.90. The molecule has 0 fully saturated rings. The van der Waals surface area contributed by atoms with Gasteiger partial charge in [-0.1, -0.05) is 42.6 Å². The number of carbonyl (C=O) groups excluding carboxylic acids is 1. The number of Topliss-reactive ketones (excluding diaryl/α,β-unsaturated/α-hetero) is 1. The molecule has 1 atom stereocenters. The van der Waals surface area contributed by atoms with Gasteiger partial charge in [0.15, 0.2) is 5.78 Å². The van der Waals surface area contributed by atoms with Gasteiger partial charge in [0.1, 0.15) is 0 Å². The molecule has 0 radical (unpaired) electrons. The third-order valence-electron chi connectivity index (χ3n) is 3.76. The number of carbonyl (C=O) groups is 1. The molecule has 0 saturated carbocycles. The van der Waals surface area contributed by atoms with Crippen molar-refractivity contribution >= 4 is 32.9 Å². The van der Waals surface area contributed by atoms with E-state index in [1.165, 1.54) is 0 Å². The van der Waals surface area contributed by atoms with Crippen LogP contribution in [0.2, 0.25) is 0 Å². The van der Waals surface area contributed by atoms with Gasteiger partial charge in [0, 0.05) is 11.1 Å². The maximum atomic E-state index is 12.5. The normalized spacial score (nSPS) is 20.4. The van der Waals surface area contributed by atoms with E-state index in [0.717, 1.165) is 38.3 Å². The molecule has 0 amide bonds. The molecule has 4 rings (SSSR count). The van der Waals surface area contributed by atoms with Crippen molar-refractivity contribution in [1.29, 1.82) is 0 Å². The maximum absolute atomic E-state index is 12.5. The number of rotatable bonds is 0. The lowest BCUT2D eigenvalue weighted by Crippen LogP contribution is -1.96. The summed E-state index contributed by atoms with van der Waals surface area (Å²) < 4.78 is 0.834. The zero-order chi connectivity index (χ0) is 13.9. The van der Waals surface area contributed by atoms with Crippen molar-refractivity contribution in [3.8, 4) is 0 Å². The van der Waals surface area contributed by atoms with E-state index in [1.807, 2.05) is 30.4 Å². The summed E-state index contributed by atoms with van der Waals surface area (Å²) in [6.45, 7) is 2.08. The van der Waals surface area contributed by atoms with Gasteiger partial charge in [-0.15, -0.1) is 0 Å². The van der Waals surface area contributed by atoms with Gasteiger partial charge in [-0.2, -0.15) is 0 Å². The molecule has 3 nitrogen and oxygen atoms in total. The lowest BCUT2D eigenvalue weighted by atomic mass is 10.0. The van der Waals surface area contributed by atoms with Gasteiger partial charge >= 0.3 is 4.87 Å². The molecular weight excluding hydrogens is 270 g/mol. The molecule has 0 saturated heterocycles. The van der Waals surface area contributed by atoms with Gasteiger partial charge < -0.3 is 4.98 Å². The Hall–Kier alpha value is -2.20. The van der Waals surface area contributed by atoms with E-state index < -0.39 is 0 Å². The molecule has 2 aromatic rings. The molecule has 0 aliphatic heterocycles. The lowest BCUT2D eigenvalue weighted by molar-refractivity contribution is 0.104. The monoisotopic (exact) mass is 281 g/mol. The maximum Gasteiger partial charge on any atom is 0.305 e. The van der Waals surface area contributed by atoms with Gasteiger partial charge in [-0.25, -0.2) is 0 Å². The highest BCUT2D eigenvalue weighted by atomic mass is 32.1. The van der Waals surface area contributed by atoms with Gasteiger partial charge in [0.25, 0.3) is 0 Å². The topological polar surface area (TPSA) is 49.9 Å². The van der Waals surface area contributed by atoms with Crippen LogP contribution in [0.4, 0.5) is 0 Å². The summed E-state index contributed by atoms with van der Waals surface area (Å²) in [7, 11) is 0. The van der Waals surface area contributed by atoms with E-state index in [1.54, 1.807) is 0 Å². The summed E-state index contributed by atoms with van der Waals surface area (Å²) >= 11 is 1.14. The Morgan fingerprint density at radius 2 is 1.80 bits per heavy atom. The Labute approximate surface area is 119 Å². The summed E-state index contributed by atoms with van der Waals surface area (Å²) in [6.07, 6.45) is 8.05. The first-order valence-corrected chi connectivity index (χ1v) is 7.28. The summed E-state index contributed by atoms with van der Waals surface area (Å²) in [4.78, 5) is 26.7. The second-order valence-electron chi connectivity index (χ2n) is 5.14. The average Bonchev–Trinajstić information content (AvgIpc) is 2.81. The predicted molar refractivity (Wildman–Crippen MR) is 81.1 cm³/mol. The molecule has 1 heterocycles. The zero-order valence-electron chi connectivity index (χ0n) is 10.8. The quantitative estimate of drug-likeness (QED) is 0.805. The standard InChI is InChI=1S/C16H11NO2S/c1-8-2-4-9-10(5-3-8)15(18)12-7-14-13(6-11(9)12)17-16(19)20-14/h2-8H,1H3,(H,17,19). The van der Waals surface area contributed by atoms with E-state index in [9.17, 15) is 9.59 Å². The van der Waals surface area contributed by atoms with Gasteiger partial charge in [0.2, 0.25) is 0 Å². The first kappa shape index (κ1) is 11.6. The van der Waals surface area contributed by atoms with Crippen molar-refractivity contribution < 1.29 is 4.79 Å². The lowest BCUT2D eigenvalue weighted by Gasteiger charge is -2.01. The summed E-state index contributed by atoms with van der Waals surface area (Å²) in [5.74, 6) is 0.370. The minimum absolute atomic E-state index is 0.0488. The number of aromatic nitrogens is 1. The molecule has 4 heteroatoms. The van der Waals surface area contributed by atoms with Gasteiger partial charge in [-0.3, -0.25) is 9.59 Å². The van der Waals surface area contributed by atoms with Crippen LogP contribution >= 0.6 is 11.3 Å². The molecule has 0 bridgehead atoms. The van der Waals surface area contributed by atoms with E-state index in [2.05, 4.69) is 18.0 Å². The minimum atomic E-state index is -0.0877. The number of hydrogen-bond acceptors (Lipinski definition) is 3. The first-order valence-electron chi connectivity index (χ1n) is 6.46. The molecular formula is C16H11NO2S. The van der Waals surface area contributed by atoms with Crippen LogP contribution < -0.4 is 4.87 Å². The van der Waals surface area contributed by atoms with Crippen LogP contribution in [0, 0.1) is 5.92 Å². The molecule has 2 aliphatic rings. The SMILES string of the molecule is CC1C=CC2=C(C=C1)c1cc3[nH]c(=O)sc3cc1C2=O. The van der Waals surface area contributed by atoms with Gasteiger partial charge in [-0.05, 0) is 29.2 Å². The third-order valence-corrected chi connectivity index (χ3v) is 4.61. The molecule has 1 aromatic carbocycles. The highest BCUT2D eigenvalue weighted by Crippen LogP contribution is 2.38. The Kier molecular flexibility index (Phi) is 2.26. The number of thiazole rings is 1. The number of aromatic amines is 1. The minimum Gasteiger partial charge on any atom is -0.312 e. The third kappa shape index (κ3) is 1.51. The summed E-state index contributed by atoms with van der Waals surface area (Å²) in [6, 6.07) is 3.74. The highest BCUT2D eigenvalue weighted by molar-refractivity contribution is 7.16. The Bertz CT molecular complexity index is 908. The van der Waals surface area contributed by atoms with Crippen molar-refractivity contribution in [3.05, 3.63) is 62.8 Å². The van der Waals surface area contributed by atoms with Crippen molar-refractivity contribution in [2.75, 3.05) is 0 Å². The number of allylic oxidation sites excluding steroid dienone is 6. The van der Waals surface area contributed by atoms with Crippen molar-refractivity contribution in [1.82, 2.24) is 4.98 Å². The fourth-order valence-corrected chi connectivity index (χ4v) is 3.48. The van der Waals surface area contributed by atoms with E-state index >= 15 is 0 Å². The first-order chi connectivity index (χ1) is 9.63. The van der Waals surface area contributed by atoms with Crippen molar-refractivity contribution in [2.24, 2.45) is 5.92 Å². The van der Waals surface area contributed by atoms with Crippen LogP contribution in [0.5, 0.6) is 0 Å².